The van der Waals surface area contributed by atoms with Gasteiger partial charge in [0.2, 0.25) is 5.91 Å². The molecule has 1 aromatic carbocycles. The minimum Gasteiger partial charge on any atom is -0.406 e. The minimum atomic E-state index is -4.72. The minimum absolute atomic E-state index is 0. The Morgan fingerprint density at radius 1 is 1.28 bits per heavy atom. The number of amides is 1. The second kappa shape index (κ2) is 9.68. The quantitative estimate of drug-likeness (QED) is 0.247. The molecule has 0 aromatic heterocycles. The molecule has 0 spiro atoms. The fourth-order valence-corrected chi connectivity index (χ4v) is 1.89. The number of alkyl halides is 3. The van der Waals surface area contributed by atoms with Gasteiger partial charge in [0, 0.05) is 24.7 Å². The zero-order valence-corrected chi connectivity index (χ0v) is 15.6. The van der Waals surface area contributed by atoms with Crippen molar-refractivity contribution in [2.75, 3.05) is 11.9 Å². The van der Waals surface area contributed by atoms with Crippen LogP contribution in [0, 0.1) is 0 Å². The number of nitrogens with two attached hydrogens (primary N) is 1. The largest absolute Gasteiger partial charge is 0.573 e. The third-order valence-electron chi connectivity index (χ3n) is 3.15. The second-order valence-electron chi connectivity index (χ2n) is 5.41. The Morgan fingerprint density at radius 3 is 2.48 bits per heavy atom. The first-order valence-corrected chi connectivity index (χ1v) is 7.54. The molecule has 0 aliphatic heterocycles. The van der Waals surface area contributed by atoms with Gasteiger partial charge in [0.25, 0.3) is 0 Å². The van der Waals surface area contributed by atoms with Gasteiger partial charge < -0.3 is 21.1 Å². The van der Waals surface area contributed by atoms with Crippen LogP contribution in [0.4, 0.5) is 18.9 Å². The summed E-state index contributed by atoms with van der Waals surface area (Å²) < 4.78 is 39.9. The Kier molecular flexibility index (Phi) is 8.26. The molecule has 0 saturated heterocycles. The van der Waals surface area contributed by atoms with Crippen LogP contribution >= 0.6 is 24.0 Å². The van der Waals surface area contributed by atoms with Crippen molar-refractivity contribution >= 4 is 41.5 Å². The number of hydrogen-bond donors (Lipinski definition) is 3. The normalized spacial score (nSPS) is 14.4. The van der Waals surface area contributed by atoms with E-state index in [4.69, 9.17) is 5.73 Å². The van der Waals surface area contributed by atoms with Crippen LogP contribution < -0.4 is 21.1 Å². The molecule has 1 amide bonds. The van der Waals surface area contributed by atoms with Gasteiger partial charge in [0.05, 0.1) is 0 Å². The maximum Gasteiger partial charge on any atom is 0.573 e. The number of nitrogens with one attached hydrogen (secondary N) is 2. The summed E-state index contributed by atoms with van der Waals surface area (Å²) in [5.41, 5.74) is 6.16. The third kappa shape index (κ3) is 9.37. The molecule has 25 heavy (non-hydrogen) atoms. The highest BCUT2D eigenvalue weighted by molar-refractivity contribution is 14.0. The molecular formula is C15H20F3IN4O2. The Balaban J connectivity index is 0.00000312. The van der Waals surface area contributed by atoms with Crippen molar-refractivity contribution in [1.29, 1.82) is 0 Å². The van der Waals surface area contributed by atoms with Gasteiger partial charge in [0.15, 0.2) is 5.96 Å². The van der Waals surface area contributed by atoms with Crippen molar-refractivity contribution in [2.45, 2.75) is 38.1 Å². The van der Waals surface area contributed by atoms with Gasteiger partial charge in [-0.05, 0) is 43.5 Å². The monoisotopic (exact) mass is 472 g/mol. The predicted octanol–water partition coefficient (Wildman–Crippen LogP) is 2.99. The average molecular weight is 472 g/mol. The van der Waals surface area contributed by atoms with Crippen LogP contribution in [0.15, 0.2) is 29.3 Å². The molecular weight excluding hydrogens is 452 g/mol. The summed E-state index contributed by atoms with van der Waals surface area (Å²) in [6, 6.07) is 5.48. The summed E-state index contributed by atoms with van der Waals surface area (Å²) in [6.45, 7) is 0.381. The first-order valence-electron chi connectivity index (χ1n) is 7.54. The maximum absolute atomic E-state index is 12.0. The van der Waals surface area contributed by atoms with Crippen molar-refractivity contribution in [3.05, 3.63) is 24.3 Å². The van der Waals surface area contributed by atoms with Gasteiger partial charge in [-0.2, -0.15) is 0 Å². The first-order chi connectivity index (χ1) is 11.3. The molecule has 4 N–H and O–H groups in total. The fourth-order valence-electron chi connectivity index (χ4n) is 1.89. The van der Waals surface area contributed by atoms with Crippen LogP contribution in [0.5, 0.6) is 5.75 Å². The van der Waals surface area contributed by atoms with E-state index >= 15 is 0 Å². The standard InChI is InChI=1S/C15H19F3N4O2.HI/c16-15(17,18)24-12-7-5-11(6-8-12)22-14(19)20-9-1-2-13(23)21-10-3-4-10;/h5-8,10H,1-4,9H2,(H,21,23)(H3,19,20,22);1H. The number of carbonyl (C=O) groups excluding carboxylic acids is 1. The zero-order chi connectivity index (χ0) is 17.6. The number of benzene rings is 1. The number of guanidine groups is 1. The number of anilines is 1. The lowest BCUT2D eigenvalue weighted by Crippen LogP contribution is -2.25. The van der Waals surface area contributed by atoms with E-state index in [2.05, 4.69) is 20.4 Å². The van der Waals surface area contributed by atoms with E-state index in [1.807, 2.05) is 0 Å². The smallest absolute Gasteiger partial charge is 0.406 e. The van der Waals surface area contributed by atoms with Crippen LogP contribution in [0.2, 0.25) is 0 Å². The van der Waals surface area contributed by atoms with E-state index in [1.54, 1.807) is 0 Å². The molecule has 1 saturated carbocycles. The number of aliphatic imine (C=N–C) groups is 1. The summed E-state index contributed by atoms with van der Waals surface area (Å²) in [5, 5.41) is 5.63. The number of halogens is 4. The highest BCUT2D eigenvalue weighted by Crippen LogP contribution is 2.23. The van der Waals surface area contributed by atoms with E-state index in [0.29, 0.717) is 31.1 Å². The molecule has 1 aliphatic rings. The van der Waals surface area contributed by atoms with Crippen LogP contribution in [0.3, 0.4) is 0 Å². The zero-order valence-electron chi connectivity index (χ0n) is 13.3. The van der Waals surface area contributed by atoms with Gasteiger partial charge in [-0.1, -0.05) is 0 Å². The molecule has 1 aliphatic carbocycles. The van der Waals surface area contributed by atoms with Gasteiger partial charge in [-0.3, -0.25) is 9.79 Å². The first kappa shape index (κ1) is 21.3. The maximum atomic E-state index is 12.0. The Bertz CT molecular complexity index is 589. The Hall–Kier alpha value is -1.72. The molecule has 0 bridgehead atoms. The van der Waals surface area contributed by atoms with Crippen molar-refractivity contribution < 1.29 is 22.7 Å². The molecule has 1 fully saturated rings. The number of ether oxygens (including phenoxy) is 1. The van der Waals surface area contributed by atoms with E-state index in [-0.39, 0.29) is 41.6 Å². The lowest BCUT2D eigenvalue weighted by Gasteiger charge is -2.10. The number of hydrogen-bond acceptors (Lipinski definition) is 3. The van der Waals surface area contributed by atoms with E-state index < -0.39 is 6.36 Å². The molecule has 0 radical (unpaired) electrons. The third-order valence-corrected chi connectivity index (χ3v) is 3.15. The number of nitrogens with zero attached hydrogens (tertiary/aromatic N) is 1. The summed E-state index contributed by atoms with van der Waals surface area (Å²) in [5.74, 6) is -0.174. The van der Waals surface area contributed by atoms with Crippen LogP contribution in [-0.4, -0.2) is 30.8 Å². The molecule has 0 atom stereocenters. The van der Waals surface area contributed by atoms with Crippen molar-refractivity contribution in [1.82, 2.24) is 5.32 Å². The van der Waals surface area contributed by atoms with Crippen LogP contribution in [0.1, 0.15) is 25.7 Å². The van der Waals surface area contributed by atoms with Gasteiger partial charge >= 0.3 is 6.36 Å². The average Bonchev–Trinajstić information content (AvgIpc) is 3.28. The second-order valence-corrected chi connectivity index (χ2v) is 5.41. The molecule has 0 unspecified atom stereocenters. The predicted molar refractivity (Wildman–Crippen MR) is 99.1 cm³/mol. The molecule has 1 aromatic rings. The van der Waals surface area contributed by atoms with Crippen molar-refractivity contribution in [3.63, 3.8) is 0 Å². The highest BCUT2D eigenvalue weighted by Gasteiger charge is 2.30. The van der Waals surface area contributed by atoms with Gasteiger partial charge in [-0.25, -0.2) is 0 Å². The Labute approximate surface area is 160 Å². The molecule has 0 heterocycles. The van der Waals surface area contributed by atoms with Gasteiger partial charge in [-0.15, -0.1) is 37.1 Å². The van der Waals surface area contributed by atoms with Crippen molar-refractivity contribution in [2.24, 2.45) is 10.7 Å². The fraction of sp³-hybridized carbons (Fsp3) is 0.467. The van der Waals surface area contributed by atoms with Gasteiger partial charge in [0.1, 0.15) is 5.75 Å². The highest BCUT2D eigenvalue weighted by atomic mass is 127. The lowest BCUT2D eigenvalue weighted by atomic mass is 10.3. The molecule has 140 valence electrons. The number of carbonyl (C=O) groups is 1. The summed E-state index contributed by atoms with van der Waals surface area (Å²) in [6.07, 6.45) is -1.67. The Morgan fingerprint density at radius 2 is 1.92 bits per heavy atom. The summed E-state index contributed by atoms with van der Waals surface area (Å²) >= 11 is 0. The van der Waals surface area contributed by atoms with Crippen molar-refractivity contribution in [3.8, 4) is 5.75 Å². The van der Waals surface area contributed by atoms with E-state index in [1.165, 1.54) is 24.3 Å². The summed E-state index contributed by atoms with van der Waals surface area (Å²) in [7, 11) is 0. The topological polar surface area (TPSA) is 88.7 Å². The number of rotatable bonds is 7. The molecule has 2 rings (SSSR count). The van der Waals surface area contributed by atoms with E-state index in [9.17, 15) is 18.0 Å². The van der Waals surface area contributed by atoms with E-state index in [0.717, 1.165) is 12.8 Å². The van der Waals surface area contributed by atoms with Crippen LogP contribution in [-0.2, 0) is 4.79 Å². The molecule has 10 heteroatoms. The summed E-state index contributed by atoms with van der Waals surface area (Å²) in [4.78, 5) is 15.5. The molecule has 6 nitrogen and oxygen atoms in total. The van der Waals surface area contributed by atoms with Crippen LogP contribution in [0.25, 0.3) is 0 Å². The lowest BCUT2D eigenvalue weighted by molar-refractivity contribution is -0.274. The SMILES string of the molecule is I.NC(=NCCCC(=O)NC1CC1)Nc1ccc(OC(F)(F)F)cc1.